The number of aromatic nitrogens is 3. The Morgan fingerprint density at radius 1 is 1.16 bits per heavy atom. The van der Waals surface area contributed by atoms with Crippen LogP contribution in [0.3, 0.4) is 0 Å². The predicted octanol–water partition coefficient (Wildman–Crippen LogP) is 2.59. The Morgan fingerprint density at radius 2 is 1.84 bits per heavy atom. The van der Waals surface area contributed by atoms with E-state index in [0.717, 1.165) is 11.6 Å². The second-order valence-corrected chi connectivity index (χ2v) is 4.23. The number of rotatable bonds is 1. The lowest BCUT2D eigenvalue weighted by Crippen LogP contribution is -2.02. The first kappa shape index (κ1) is 11.6. The molecule has 0 saturated heterocycles. The fraction of sp³-hybridized carbons (Fsp3) is 0.0769. The van der Waals surface area contributed by atoms with Gasteiger partial charge in [0.15, 0.2) is 5.65 Å². The van der Waals surface area contributed by atoms with Crippen molar-refractivity contribution in [1.29, 1.82) is 0 Å². The van der Waals surface area contributed by atoms with Crippen LogP contribution < -0.4 is 5.73 Å². The lowest BCUT2D eigenvalue weighted by atomic mass is 10.2. The maximum Gasteiger partial charge on any atom is 0.207 e. The van der Waals surface area contributed by atoms with E-state index in [9.17, 15) is 8.78 Å². The fourth-order valence-electron chi connectivity index (χ4n) is 2.03. The minimum absolute atomic E-state index is 0.141. The Balaban J connectivity index is 2.36. The third-order valence-electron chi connectivity index (χ3n) is 2.88. The Hall–Kier alpha value is -2.50. The summed E-state index contributed by atoms with van der Waals surface area (Å²) in [6.07, 6.45) is 1.60. The first-order valence-corrected chi connectivity index (χ1v) is 5.62. The van der Waals surface area contributed by atoms with Crippen molar-refractivity contribution < 1.29 is 8.78 Å². The largest absolute Gasteiger partial charge is 0.369 e. The average molecular weight is 260 g/mol. The van der Waals surface area contributed by atoms with E-state index in [1.807, 2.05) is 6.92 Å². The van der Waals surface area contributed by atoms with Gasteiger partial charge in [-0.3, -0.25) is 4.57 Å². The van der Waals surface area contributed by atoms with E-state index >= 15 is 0 Å². The van der Waals surface area contributed by atoms with Gasteiger partial charge < -0.3 is 5.73 Å². The number of aryl methyl sites for hydroxylation is 1. The molecule has 2 heterocycles. The molecular formula is C13H10F2N4. The van der Waals surface area contributed by atoms with E-state index in [1.165, 1.54) is 16.7 Å². The second kappa shape index (κ2) is 4.01. The number of pyridine rings is 1. The molecule has 0 fully saturated rings. The number of nitrogens with two attached hydrogens (primary N) is 1. The molecule has 3 rings (SSSR count). The number of nitrogens with zero attached hydrogens (tertiary/aromatic N) is 3. The Kier molecular flexibility index (Phi) is 2.45. The number of halogens is 2. The maximum absolute atomic E-state index is 13.3. The number of benzene rings is 1. The van der Waals surface area contributed by atoms with Gasteiger partial charge in [-0.15, -0.1) is 0 Å². The molecule has 0 spiro atoms. The predicted molar refractivity (Wildman–Crippen MR) is 67.9 cm³/mol. The molecule has 19 heavy (non-hydrogen) atoms. The number of hydrogen-bond acceptors (Lipinski definition) is 3. The molecule has 96 valence electrons. The topological polar surface area (TPSA) is 56.7 Å². The highest BCUT2D eigenvalue weighted by Crippen LogP contribution is 2.24. The molecule has 0 bridgehead atoms. The lowest BCUT2D eigenvalue weighted by molar-refractivity contribution is 0.582. The van der Waals surface area contributed by atoms with E-state index < -0.39 is 11.6 Å². The van der Waals surface area contributed by atoms with Gasteiger partial charge in [-0.25, -0.2) is 18.7 Å². The van der Waals surface area contributed by atoms with Crippen LogP contribution >= 0.6 is 0 Å². The fourth-order valence-corrected chi connectivity index (χ4v) is 2.03. The number of anilines is 1. The molecule has 0 radical (unpaired) electrons. The van der Waals surface area contributed by atoms with Crippen molar-refractivity contribution in [1.82, 2.24) is 14.5 Å². The van der Waals surface area contributed by atoms with Gasteiger partial charge >= 0.3 is 0 Å². The third kappa shape index (κ3) is 1.81. The minimum atomic E-state index is -0.677. The van der Waals surface area contributed by atoms with E-state index in [1.54, 1.807) is 12.3 Å². The number of nitrogen functional groups attached to an aromatic ring is 1. The van der Waals surface area contributed by atoms with Crippen molar-refractivity contribution in [2.45, 2.75) is 6.92 Å². The van der Waals surface area contributed by atoms with Crippen LogP contribution in [0.5, 0.6) is 0 Å². The lowest BCUT2D eigenvalue weighted by Gasteiger charge is -2.06. The van der Waals surface area contributed by atoms with Crippen LogP contribution in [0.15, 0.2) is 30.5 Å². The van der Waals surface area contributed by atoms with Crippen molar-refractivity contribution in [3.05, 3.63) is 47.7 Å². The SMILES string of the molecule is Cc1ccnc2c1nc(N)n2-c1cc(F)cc(F)c1. The highest BCUT2D eigenvalue weighted by molar-refractivity contribution is 5.79. The van der Waals surface area contributed by atoms with E-state index in [0.29, 0.717) is 11.2 Å². The Labute approximate surface area is 107 Å². The first-order chi connectivity index (χ1) is 9.06. The summed E-state index contributed by atoms with van der Waals surface area (Å²) < 4.78 is 28.0. The molecule has 0 aliphatic rings. The first-order valence-electron chi connectivity index (χ1n) is 5.62. The molecule has 0 aliphatic carbocycles. The molecule has 0 unspecified atom stereocenters. The van der Waals surface area contributed by atoms with Crippen molar-refractivity contribution in [3.8, 4) is 5.69 Å². The van der Waals surface area contributed by atoms with Crippen LogP contribution in [-0.2, 0) is 0 Å². The molecular weight excluding hydrogens is 250 g/mol. The zero-order valence-electron chi connectivity index (χ0n) is 10.1. The molecule has 2 N–H and O–H groups in total. The van der Waals surface area contributed by atoms with Crippen molar-refractivity contribution in [3.63, 3.8) is 0 Å². The van der Waals surface area contributed by atoms with Gasteiger partial charge in [0.2, 0.25) is 5.95 Å². The summed E-state index contributed by atoms with van der Waals surface area (Å²) in [6.45, 7) is 1.87. The van der Waals surface area contributed by atoms with Crippen LogP contribution in [0.1, 0.15) is 5.56 Å². The zero-order valence-corrected chi connectivity index (χ0v) is 10.1. The average Bonchev–Trinajstić information content (AvgIpc) is 2.65. The van der Waals surface area contributed by atoms with Crippen LogP contribution in [0.4, 0.5) is 14.7 Å². The Morgan fingerprint density at radius 3 is 2.53 bits per heavy atom. The van der Waals surface area contributed by atoms with Gasteiger partial charge in [-0.2, -0.15) is 0 Å². The smallest absolute Gasteiger partial charge is 0.207 e. The molecule has 0 amide bonds. The molecule has 4 nitrogen and oxygen atoms in total. The summed E-state index contributed by atoms with van der Waals surface area (Å²) in [5.41, 5.74) is 8.07. The molecule has 0 atom stereocenters. The van der Waals surface area contributed by atoms with Crippen molar-refractivity contribution in [2.24, 2.45) is 0 Å². The summed E-state index contributed by atoms with van der Waals surface area (Å²) >= 11 is 0. The number of imidazole rings is 1. The normalized spacial score (nSPS) is 11.1. The van der Waals surface area contributed by atoms with Gasteiger partial charge in [-0.1, -0.05) is 0 Å². The van der Waals surface area contributed by atoms with Crippen molar-refractivity contribution >= 4 is 17.1 Å². The summed E-state index contributed by atoms with van der Waals surface area (Å²) in [5, 5.41) is 0. The highest BCUT2D eigenvalue weighted by Gasteiger charge is 2.14. The monoisotopic (exact) mass is 260 g/mol. The summed E-state index contributed by atoms with van der Waals surface area (Å²) in [5.74, 6) is -1.21. The van der Waals surface area contributed by atoms with E-state index in [2.05, 4.69) is 9.97 Å². The number of fused-ring (bicyclic) bond motifs is 1. The van der Waals surface area contributed by atoms with E-state index in [4.69, 9.17) is 5.73 Å². The van der Waals surface area contributed by atoms with Gasteiger partial charge in [0.05, 0.1) is 5.69 Å². The molecule has 3 aromatic rings. The van der Waals surface area contributed by atoms with Crippen LogP contribution in [-0.4, -0.2) is 14.5 Å². The second-order valence-electron chi connectivity index (χ2n) is 4.23. The summed E-state index contributed by atoms with van der Waals surface area (Å²) in [7, 11) is 0. The standard InChI is InChI=1S/C13H10F2N4/c1-7-2-3-17-12-11(7)18-13(16)19(12)10-5-8(14)4-9(15)6-10/h2-6H,1H3,(H2,16,18). The minimum Gasteiger partial charge on any atom is -0.369 e. The van der Waals surface area contributed by atoms with E-state index in [-0.39, 0.29) is 11.6 Å². The molecule has 2 aromatic heterocycles. The van der Waals surface area contributed by atoms with Crippen LogP contribution in [0.2, 0.25) is 0 Å². The third-order valence-corrected chi connectivity index (χ3v) is 2.88. The summed E-state index contributed by atoms with van der Waals surface area (Å²) in [4.78, 5) is 8.36. The van der Waals surface area contributed by atoms with Gasteiger partial charge in [0, 0.05) is 12.3 Å². The maximum atomic E-state index is 13.3. The zero-order chi connectivity index (χ0) is 13.6. The van der Waals surface area contributed by atoms with Gasteiger partial charge in [0.25, 0.3) is 0 Å². The highest BCUT2D eigenvalue weighted by atomic mass is 19.1. The van der Waals surface area contributed by atoms with Crippen LogP contribution in [0.25, 0.3) is 16.9 Å². The number of hydrogen-bond donors (Lipinski definition) is 1. The molecule has 0 aliphatic heterocycles. The quantitative estimate of drug-likeness (QED) is 0.731. The Bertz CT molecular complexity index is 759. The van der Waals surface area contributed by atoms with Crippen LogP contribution in [0, 0.1) is 18.6 Å². The summed E-state index contributed by atoms with van der Waals surface area (Å²) in [6, 6.07) is 4.97. The molecule has 0 saturated carbocycles. The van der Waals surface area contributed by atoms with Crippen molar-refractivity contribution in [2.75, 3.05) is 5.73 Å². The molecule has 6 heteroatoms. The molecule has 1 aromatic carbocycles. The van der Waals surface area contributed by atoms with Gasteiger partial charge in [0.1, 0.15) is 17.2 Å². The van der Waals surface area contributed by atoms with Gasteiger partial charge in [-0.05, 0) is 30.7 Å².